The molecule has 0 aliphatic heterocycles. The van der Waals surface area contributed by atoms with Crippen LogP contribution in [0.25, 0.3) is 0 Å². The molecular weight excluding hydrogens is 916 g/mol. The molecule has 0 saturated heterocycles. The quantitative estimate of drug-likeness (QED) is 0.0608. The Morgan fingerprint density at radius 3 is 0.368 bits per heavy atom. The maximum Gasteiger partial charge on any atom is 2.00 e. The number of nitrogens with two attached hydrogens (primary N) is 6. The number of hydrogen-bond acceptors (Lipinski definition) is 26. The van der Waals surface area contributed by atoms with E-state index in [0.717, 1.165) is 0 Å². The van der Waals surface area contributed by atoms with Crippen molar-refractivity contribution in [1.82, 2.24) is 59.8 Å². The smallest absolute Gasteiger partial charge is 0.457 e. The molecule has 57 heavy (non-hydrogen) atoms. The van der Waals surface area contributed by atoms with E-state index in [1.54, 1.807) is 111 Å². The summed E-state index contributed by atoms with van der Waals surface area (Å²) in [4.78, 5) is 43.8. The van der Waals surface area contributed by atoms with Crippen LogP contribution in [0.4, 0.5) is 35.7 Å². The molecule has 0 fully saturated rings. The number of nitrogen functional groups attached to an aromatic ring is 6. The molecule has 0 unspecified atom stereocenters. The van der Waals surface area contributed by atoms with E-state index in [2.05, 4.69) is 59.8 Å². The first-order valence-corrected chi connectivity index (χ1v) is 15.2. The minimum atomic E-state index is -4.94. The molecule has 0 saturated carbocycles. The zero-order valence-electron chi connectivity index (χ0n) is 29.3. The van der Waals surface area contributed by atoms with Gasteiger partial charge in [0.15, 0.2) is 0 Å². The number of anilines is 6. The predicted octanol–water partition coefficient (Wildman–Crippen LogP) is -12.8. The van der Waals surface area contributed by atoms with Crippen molar-refractivity contribution in [3.63, 3.8) is 0 Å². The molecule has 0 radical (unpaired) electrons. The molecule has 6 rings (SSSR count). The minimum Gasteiger partial charge on any atom is -0.457 e. The molecule has 0 atom stereocenters. The molecule has 6 heterocycles. The van der Waals surface area contributed by atoms with Crippen molar-refractivity contribution < 1.29 is 107 Å². The summed E-state index contributed by atoms with van der Waals surface area (Å²) in [5.74, 6) is 1.93. The summed E-state index contributed by atoms with van der Waals surface area (Å²) in [6.45, 7) is 0. The Kier molecular flexibility index (Phi) is 48.1. The molecule has 24 N–H and O–H groups in total. The molecule has 6 aromatic heterocycles. The second-order valence-corrected chi connectivity index (χ2v) is 8.91. The van der Waals surface area contributed by atoms with Crippen molar-refractivity contribution in [2.45, 2.75) is 0 Å². The van der Waals surface area contributed by atoms with Gasteiger partial charge in [-0.2, -0.15) is 0 Å². The molecule has 0 aromatic carbocycles. The van der Waals surface area contributed by atoms with Gasteiger partial charge >= 0.3 is 27.3 Å². The first-order valence-electron chi connectivity index (χ1n) is 12.7. The maximum atomic E-state index is 8.49. The van der Waals surface area contributed by atoms with Crippen LogP contribution in [0.15, 0.2) is 111 Å². The van der Waals surface area contributed by atoms with Crippen LogP contribution in [0.5, 0.6) is 0 Å². The van der Waals surface area contributed by atoms with E-state index in [4.69, 9.17) is 71.7 Å². The predicted molar refractivity (Wildman–Crippen MR) is 178 cm³/mol. The van der Waals surface area contributed by atoms with Crippen molar-refractivity contribution in [2.75, 3.05) is 34.4 Å². The van der Waals surface area contributed by atoms with Crippen molar-refractivity contribution in [3.05, 3.63) is 111 Å². The first kappa shape index (κ1) is 66.1. The first-order chi connectivity index (χ1) is 24.4. The van der Waals surface area contributed by atoms with E-state index in [1.165, 1.54) is 0 Å². The van der Waals surface area contributed by atoms with E-state index >= 15 is 0 Å². The summed E-state index contributed by atoms with van der Waals surface area (Å²) in [5, 5.41) is 0. The normalized spacial score (nSPS) is 8.42. The number of halogens is 2. The summed E-state index contributed by atoms with van der Waals surface area (Å²) < 4.78 is 67.9. The molecule has 0 amide bonds. The van der Waals surface area contributed by atoms with Gasteiger partial charge in [-0.3, -0.25) is 0 Å². The average molecular weight is 958 g/mol. The SMILES string of the molecule is Nc1ncccn1.Nc1ncccn1.Nc1ncccn1.Nc1ncccn1.Nc1ncccn1.Nc1ncccn1.[Cd+2].[O-][Cl+3]([O-])([O-])[O-].[O-][Cl+3]([O-])([O-])[O-].[OH3+].[OH3+].[OH3+].[OH3+]. The summed E-state index contributed by atoms with van der Waals surface area (Å²) in [6, 6.07) is 10.3. The van der Waals surface area contributed by atoms with Crippen molar-refractivity contribution >= 4 is 35.7 Å². The third kappa shape index (κ3) is 65.6. The summed E-state index contributed by atoms with van der Waals surface area (Å²) in [5.41, 5.74) is 30.8. The fourth-order valence-electron chi connectivity index (χ4n) is 1.86. The fourth-order valence-corrected chi connectivity index (χ4v) is 1.86. The topological polar surface area (TPSA) is 627 Å². The molecule has 30 nitrogen and oxygen atoms in total. The Morgan fingerprint density at radius 2 is 0.333 bits per heavy atom. The fraction of sp³-hybridized carbons (Fsp3) is 0. The van der Waals surface area contributed by atoms with Crippen LogP contribution in [0.2, 0.25) is 0 Å². The third-order valence-electron chi connectivity index (χ3n) is 3.51. The summed E-state index contributed by atoms with van der Waals surface area (Å²) in [6.07, 6.45) is 19.2. The molecule has 0 bridgehead atoms. The van der Waals surface area contributed by atoms with Gasteiger partial charge in [-0.15, -0.1) is 20.5 Å². The zero-order valence-corrected chi connectivity index (χ0v) is 34.8. The Morgan fingerprint density at radius 1 is 0.263 bits per heavy atom. The Hall–Kier alpha value is -5.70. The van der Waals surface area contributed by atoms with Crippen LogP contribution in [-0.4, -0.2) is 59.8 Å². The minimum absolute atomic E-state index is 0. The second-order valence-electron chi connectivity index (χ2n) is 7.40. The van der Waals surface area contributed by atoms with Crippen LogP contribution < -0.4 is 71.7 Å². The monoisotopic (exact) mass is 958 g/mol. The standard InChI is InChI=1S/6C4H5N3.Cd.2ClHO4.4H2O/c6*5-4-6-2-1-3-7-4;;2*2-1(3,4)5;;;;/h6*1-3H,(H2,5,6,7);;2*(H,2,3,4,5);4*1H2/q;;;;;;+2;;;;;;/p+2. The van der Waals surface area contributed by atoms with E-state index < -0.39 is 20.5 Å². The molecular formula is C24H42CdCl2N18O12+4. The van der Waals surface area contributed by atoms with Crippen LogP contribution in [0.1, 0.15) is 0 Å². The molecule has 0 spiro atoms. The van der Waals surface area contributed by atoms with E-state index in [1.807, 2.05) is 0 Å². The van der Waals surface area contributed by atoms with Gasteiger partial charge in [-0.1, -0.05) is 0 Å². The Labute approximate surface area is 346 Å². The van der Waals surface area contributed by atoms with Gasteiger partial charge in [-0.25, -0.2) is 97.1 Å². The number of rotatable bonds is 0. The van der Waals surface area contributed by atoms with Gasteiger partial charge in [0.1, 0.15) is 0 Å². The second kappa shape index (κ2) is 41.5. The number of aromatic nitrogens is 12. The Balaban J connectivity index is -0.0000000994. The molecule has 6 aromatic rings. The van der Waals surface area contributed by atoms with Crippen LogP contribution >= 0.6 is 0 Å². The number of hydrogen-bond donors (Lipinski definition) is 6. The van der Waals surface area contributed by atoms with Crippen LogP contribution in [0, 0.1) is 20.5 Å². The van der Waals surface area contributed by atoms with E-state index in [-0.39, 0.29) is 49.2 Å². The number of nitrogens with zero attached hydrogens (tertiary/aromatic N) is 12. The van der Waals surface area contributed by atoms with Gasteiger partial charge in [0.05, 0.1) is 0 Å². The average Bonchev–Trinajstić information content (AvgIpc) is 3.07. The van der Waals surface area contributed by atoms with Crippen molar-refractivity contribution in [1.29, 1.82) is 0 Å². The van der Waals surface area contributed by atoms with E-state index in [9.17, 15) is 0 Å². The van der Waals surface area contributed by atoms with Gasteiger partial charge in [0.2, 0.25) is 35.7 Å². The largest absolute Gasteiger partial charge is 2.00 e. The third-order valence-corrected chi connectivity index (χ3v) is 3.51. The van der Waals surface area contributed by atoms with Gasteiger partial charge < -0.3 is 56.3 Å². The van der Waals surface area contributed by atoms with Crippen molar-refractivity contribution in [3.8, 4) is 0 Å². The molecule has 312 valence electrons. The van der Waals surface area contributed by atoms with E-state index in [0.29, 0.717) is 35.7 Å². The van der Waals surface area contributed by atoms with Crippen molar-refractivity contribution in [2.24, 2.45) is 0 Å². The van der Waals surface area contributed by atoms with Crippen LogP contribution in [0.3, 0.4) is 0 Å². The van der Waals surface area contributed by atoms with Gasteiger partial charge in [0.25, 0.3) is 0 Å². The van der Waals surface area contributed by atoms with Gasteiger partial charge in [0, 0.05) is 74.4 Å². The Bertz CT molecular complexity index is 1330. The molecule has 0 aliphatic carbocycles. The van der Waals surface area contributed by atoms with Crippen LogP contribution in [-0.2, 0) is 49.2 Å². The zero-order chi connectivity index (χ0) is 39.7. The van der Waals surface area contributed by atoms with Gasteiger partial charge in [-0.05, 0) is 36.4 Å². The maximum absolute atomic E-state index is 8.49. The summed E-state index contributed by atoms with van der Waals surface area (Å²) in [7, 11) is -9.89. The summed E-state index contributed by atoms with van der Waals surface area (Å²) >= 11 is 0. The molecule has 33 heteroatoms. The molecule has 0 aliphatic rings.